The third-order valence-electron chi connectivity index (χ3n) is 7.21. The molecule has 0 aliphatic carbocycles. The normalized spacial score (nSPS) is 10.8. The van der Waals surface area contributed by atoms with Crippen LogP contribution in [0.1, 0.15) is 11.1 Å². The van der Waals surface area contributed by atoms with Crippen LogP contribution < -0.4 is 4.90 Å². The number of hydrogen-bond donors (Lipinski definition) is 1. The third kappa shape index (κ3) is 4.95. The molecule has 0 aliphatic heterocycles. The Hall–Kier alpha value is -5.22. The van der Waals surface area contributed by atoms with E-state index in [2.05, 4.69) is 54.1 Å². The average molecular weight is 520 g/mol. The van der Waals surface area contributed by atoms with Gasteiger partial charge in [-0.1, -0.05) is 72.8 Å². The van der Waals surface area contributed by atoms with E-state index in [4.69, 9.17) is 4.98 Å². The number of aromatic nitrogens is 2. The van der Waals surface area contributed by atoms with Crippen LogP contribution in [0.15, 0.2) is 134 Å². The topological polar surface area (TPSA) is 49.2 Å². The lowest BCUT2D eigenvalue weighted by atomic mass is 9.91. The Labute approximate surface area is 234 Å². The molecule has 1 N–H and O–H groups in total. The summed E-state index contributed by atoms with van der Waals surface area (Å²) < 4.78 is 0. The molecule has 0 bridgehead atoms. The molecule has 0 fully saturated rings. The summed E-state index contributed by atoms with van der Waals surface area (Å²) in [7, 11) is 0. The number of para-hydroxylation sites is 1. The molecule has 0 atom stereocenters. The molecule has 4 heteroatoms. The predicted octanol–water partition coefficient (Wildman–Crippen LogP) is 9.27. The molecular formula is C36H29N3O. The number of phenolic OH excluding ortho intramolecular Hbond substituents is 1. The number of aromatic hydroxyl groups is 1. The van der Waals surface area contributed by atoms with Crippen molar-refractivity contribution in [2.75, 3.05) is 4.90 Å². The van der Waals surface area contributed by atoms with Gasteiger partial charge in [-0.05, 0) is 96.3 Å². The van der Waals surface area contributed by atoms with Crippen molar-refractivity contribution < 1.29 is 5.11 Å². The molecule has 0 unspecified atom stereocenters. The fourth-order valence-electron chi connectivity index (χ4n) is 5.01. The van der Waals surface area contributed by atoms with E-state index >= 15 is 0 Å². The molecule has 0 saturated heterocycles. The fourth-order valence-corrected chi connectivity index (χ4v) is 5.01. The van der Waals surface area contributed by atoms with E-state index in [1.54, 1.807) is 6.20 Å². The molecule has 0 saturated carbocycles. The molecular weight excluding hydrogens is 490 g/mol. The molecule has 4 nitrogen and oxygen atoms in total. The van der Waals surface area contributed by atoms with Crippen molar-refractivity contribution in [3.63, 3.8) is 0 Å². The van der Waals surface area contributed by atoms with Gasteiger partial charge in [0, 0.05) is 23.0 Å². The van der Waals surface area contributed by atoms with Gasteiger partial charge in [-0.15, -0.1) is 0 Å². The van der Waals surface area contributed by atoms with Crippen molar-refractivity contribution in [1.29, 1.82) is 0 Å². The number of aryl methyl sites for hydroxylation is 1. The molecule has 6 aromatic rings. The van der Waals surface area contributed by atoms with Crippen LogP contribution in [0, 0.1) is 13.8 Å². The molecule has 2 heterocycles. The summed E-state index contributed by atoms with van der Waals surface area (Å²) in [4.78, 5) is 11.8. The summed E-state index contributed by atoms with van der Waals surface area (Å²) >= 11 is 0. The van der Waals surface area contributed by atoms with Crippen LogP contribution in [0.4, 0.5) is 17.3 Å². The minimum absolute atomic E-state index is 0.258. The van der Waals surface area contributed by atoms with Gasteiger partial charge in [0.25, 0.3) is 0 Å². The monoisotopic (exact) mass is 519 g/mol. The molecule has 4 aromatic carbocycles. The fraction of sp³-hybridized carbons (Fsp3) is 0.0556. The standard InChI is InChI=1S/C36H29N3O/c1-25-22-29(23-32(26(25)2)31-20-19-28(24-34(31)40)27-12-5-3-6-13-27)33-16-11-18-36(38-33)39(30-14-7-4-8-15-30)35-17-9-10-21-37-35/h3-24,40H,1-2H3. The summed E-state index contributed by atoms with van der Waals surface area (Å²) in [5.74, 6) is 1.83. The van der Waals surface area contributed by atoms with Gasteiger partial charge in [0.2, 0.25) is 0 Å². The van der Waals surface area contributed by atoms with Crippen LogP contribution in [0.3, 0.4) is 0 Å². The van der Waals surface area contributed by atoms with Crippen LogP contribution >= 0.6 is 0 Å². The third-order valence-corrected chi connectivity index (χ3v) is 7.21. The Morgan fingerprint density at radius 2 is 1.30 bits per heavy atom. The first-order valence-corrected chi connectivity index (χ1v) is 13.3. The number of hydrogen-bond acceptors (Lipinski definition) is 4. The Morgan fingerprint density at radius 3 is 2.02 bits per heavy atom. The maximum Gasteiger partial charge on any atom is 0.139 e. The van der Waals surface area contributed by atoms with E-state index in [1.807, 2.05) is 97.1 Å². The van der Waals surface area contributed by atoms with Crippen molar-refractivity contribution in [2.45, 2.75) is 13.8 Å². The minimum atomic E-state index is 0.258. The Balaban J connectivity index is 1.43. The highest BCUT2D eigenvalue weighted by Gasteiger charge is 2.17. The summed E-state index contributed by atoms with van der Waals surface area (Å²) in [5, 5.41) is 11.1. The number of nitrogens with zero attached hydrogens (tertiary/aromatic N) is 3. The van der Waals surface area contributed by atoms with Gasteiger partial charge in [-0.2, -0.15) is 0 Å². The molecule has 40 heavy (non-hydrogen) atoms. The second-order valence-electron chi connectivity index (χ2n) is 9.80. The first-order chi connectivity index (χ1) is 19.6. The van der Waals surface area contributed by atoms with Gasteiger partial charge in [0.15, 0.2) is 0 Å². The summed E-state index contributed by atoms with van der Waals surface area (Å²) in [6, 6.07) is 42.4. The summed E-state index contributed by atoms with van der Waals surface area (Å²) in [5.41, 5.74) is 8.93. The number of anilines is 3. The van der Waals surface area contributed by atoms with Crippen LogP contribution in [0.2, 0.25) is 0 Å². The molecule has 6 rings (SSSR count). The smallest absolute Gasteiger partial charge is 0.139 e. The second-order valence-corrected chi connectivity index (χ2v) is 9.80. The Morgan fingerprint density at radius 1 is 0.575 bits per heavy atom. The Bertz CT molecular complexity index is 1730. The SMILES string of the molecule is Cc1cc(-c2cccc(N(c3ccccc3)c3ccccn3)n2)cc(-c2ccc(-c3ccccc3)cc2O)c1C. The van der Waals surface area contributed by atoms with Gasteiger partial charge in [-0.3, -0.25) is 4.90 Å². The Kier molecular flexibility index (Phi) is 6.82. The van der Waals surface area contributed by atoms with Crippen molar-refractivity contribution in [1.82, 2.24) is 9.97 Å². The lowest BCUT2D eigenvalue weighted by Crippen LogP contribution is -2.13. The van der Waals surface area contributed by atoms with Gasteiger partial charge in [0.1, 0.15) is 17.4 Å². The maximum atomic E-state index is 11.1. The van der Waals surface area contributed by atoms with Gasteiger partial charge in [-0.25, -0.2) is 9.97 Å². The molecule has 0 radical (unpaired) electrons. The average Bonchev–Trinajstić information content (AvgIpc) is 3.00. The summed E-state index contributed by atoms with van der Waals surface area (Å²) in [6.45, 7) is 4.20. The van der Waals surface area contributed by atoms with Crippen LogP contribution in [-0.4, -0.2) is 15.1 Å². The van der Waals surface area contributed by atoms with E-state index in [0.29, 0.717) is 0 Å². The largest absolute Gasteiger partial charge is 0.507 e. The predicted molar refractivity (Wildman–Crippen MR) is 164 cm³/mol. The lowest BCUT2D eigenvalue weighted by molar-refractivity contribution is 0.477. The van der Waals surface area contributed by atoms with Gasteiger partial charge < -0.3 is 5.11 Å². The molecule has 0 spiro atoms. The first-order valence-electron chi connectivity index (χ1n) is 13.3. The van der Waals surface area contributed by atoms with E-state index in [1.165, 1.54) is 0 Å². The van der Waals surface area contributed by atoms with Gasteiger partial charge in [0.05, 0.1) is 5.69 Å². The van der Waals surface area contributed by atoms with Crippen molar-refractivity contribution >= 4 is 17.3 Å². The first kappa shape index (κ1) is 25.1. The molecule has 2 aromatic heterocycles. The zero-order valence-corrected chi connectivity index (χ0v) is 22.5. The number of benzene rings is 4. The van der Waals surface area contributed by atoms with Crippen molar-refractivity contribution in [2.24, 2.45) is 0 Å². The zero-order chi connectivity index (χ0) is 27.5. The number of phenols is 1. The quantitative estimate of drug-likeness (QED) is 0.238. The van der Waals surface area contributed by atoms with Crippen LogP contribution in [-0.2, 0) is 0 Å². The molecule has 0 amide bonds. The van der Waals surface area contributed by atoms with Crippen LogP contribution in [0.25, 0.3) is 33.5 Å². The minimum Gasteiger partial charge on any atom is -0.507 e. The van der Waals surface area contributed by atoms with E-state index in [0.717, 1.165) is 62.0 Å². The highest BCUT2D eigenvalue weighted by atomic mass is 16.3. The van der Waals surface area contributed by atoms with E-state index in [-0.39, 0.29) is 5.75 Å². The van der Waals surface area contributed by atoms with E-state index in [9.17, 15) is 5.11 Å². The van der Waals surface area contributed by atoms with Crippen molar-refractivity contribution in [3.05, 3.63) is 145 Å². The summed E-state index contributed by atoms with van der Waals surface area (Å²) in [6.07, 6.45) is 1.79. The van der Waals surface area contributed by atoms with Gasteiger partial charge >= 0.3 is 0 Å². The second kappa shape index (κ2) is 10.9. The number of pyridine rings is 2. The highest BCUT2D eigenvalue weighted by molar-refractivity contribution is 5.82. The molecule has 0 aliphatic rings. The zero-order valence-electron chi connectivity index (χ0n) is 22.5. The highest BCUT2D eigenvalue weighted by Crippen LogP contribution is 2.39. The van der Waals surface area contributed by atoms with Crippen LogP contribution in [0.5, 0.6) is 5.75 Å². The van der Waals surface area contributed by atoms with E-state index < -0.39 is 0 Å². The molecule has 194 valence electrons. The van der Waals surface area contributed by atoms with Crippen molar-refractivity contribution in [3.8, 4) is 39.3 Å². The number of rotatable bonds is 6. The maximum absolute atomic E-state index is 11.1. The lowest BCUT2D eigenvalue weighted by Gasteiger charge is -2.23.